The Morgan fingerprint density at radius 1 is 1.19 bits per heavy atom. The van der Waals surface area contributed by atoms with Crippen LogP contribution < -0.4 is 5.32 Å². The van der Waals surface area contributed by atoms with Crippen LogP contribution in [0.5, 0.6) is 0 Å². The summed E-state index contributed by atoms with van der Waals surface area (Å²) in [5.41, 5.74) is 2.21. The molecule has 1 aromatic carbocycles. The lowest BCUT2D eigenvalue weighted by molar-refractivity contribution is -0.0513. The normalized spacial score (nSPS) is 23.2. The molecule has 2 unspecified atom stereocenters. The third-order valence-corrected chi connectivity index (χ3v) is 5.04. The summed E-state index contributed by atoms with van der Waals surface area (Å²) in [6.07, 6.45) is 4.32. The van der Waals surface area contributed by atoms with E-state index in [4.69, 9.17) is 9.84 Å². The van der Waals surface area contributed by atoms with Crippen molar-refractivity contribution in [1.29, 1.82) is 0 Å². The molecule has 0 spiro atoms. The van der Waals surface area contributed by atoms with E-state index < -0.39 is 0 Å². The molecule has 5 heteroatoms. The molecule has 1 aliphatic rings. The number of hydrogen-bond acceptors (Lipinski definition) is 3. The highest BCUT2D eigenvalue weighted by atomic mass is 16.5. The van der Waals surface area contributed by atoms with Gasteiger partial charge in [-0.05, 0) is 44.7 Å². The van der Waals surface area contributed by atoms with Crippen molar-refractivity contribution in [2.24, 2.45) is 5.92 Å². The maximum Gasteiger partial charge on any atom is 0.254 e. The van der Waals surface area contributed by atoms with E-state index in [0.717, 1.165) is 24.2 Å². The summed E-state index contributed by atoms with van der Waals surface area (Å²) in [6.45, 7) is 11.1. The van der Waals surface area contributed by atoms with Crippen LogP contribution in [0.4, 0.5) is 0 Å². The van der Waals surface area contributed by atoms with Crippen molar-refractivity contribution in [3.05, 3.63) is 47.8 Å². The summed E-state index contributed by atoms with van der Waals surface area (Å²) < 4.78 is 7.60. The minimum absolute atomic E-state index is 0.0473. The molecular weight excluding hydrogens is 338 g/mol. The van der Waals surface area contributed by atoms with E-state index in [2.05, 4.69) is 39.9 Å². The molecule has 2 atom stereocenters. The van der Waals surface area contributed by atoms with Gasteiger partial charge in [0.15, 0.2) is 0 Å². The molecule has 0 aliphatic carbocycles. The van der Waals surface area contributed by atoms with Gasteiger partial charge in [-0.2, -0.15) is 5.10 Å². The van der Waals surface area contributed by atoms with Gasteiger partial charge in [0.2, 0.25) is 0 Å². The van der Waals surface area contributed by atoms with Crippen molar-refractivity contribution in [1.82, 2.24) is 15.1 Å². The van der Waals surface area contributed by atoms with Gasteiger partial charge in [0, 0.05) is 18.2 Å². The van der Waals surface area contributed by atoms with Crippen LogP contribution >= 0.6 is 0 Å². The predicted octanol–water partition coefficient (Wildman–Crippen LogP) is 4.10. The highest BCUT2D eigenvalue weighted by Crippen LogP contribution is 2.27. The van der Waals surface area contributed by atoms with Crippen LogP contribution in [0.1, 0.15) is 63.5 Å². The molecule has 27 heavy (non-hydrogen) atoms. The van der Waals surface area contributed by atoms with E-state index in [1.807, 2.05) is 36.5 Å². The number of hydrogen-bond donors (Lipinski definition) is 1. The topological polar surface area (TPSA) is 56.2 Å². The summed E-state index contributed by atoms with van der Waals surface area (Å²) in [5.74, 6) is 0.406. The Morgan fingerprint density at radius 3 is 2.41 bits per heavy atom. The predicted molar refractivity (Wildman–Crippen MR) is 107 cm³/mol. The number of aromatic nitrogens is 2. The van der Waals surface area contributed by atoms with E-state index in [-0.39, 0.29) is 23.5 Å². The molecule has 2 aromatic rings. The molecule has 2 heterocycles. The first kappa shape index (κ1) is 19.6. The Kier molecular flexibility index (Phi) is 5.70. The fraction of sp³-hybridized carbons (Fsp3) is 0.545. The maximum atomic E-state index is 13.0. The van der Waals surface area contributed by atoms with E-state index >= 15 is 0 Å². The second-order valence-electron chi connectivity index (χ2n) is 8.73. The molecule has 1 aromatic heterocycles. The zero-order chi connectivity index (χ0) is 19.6. The highest BCUT2D eigenvalue weighted by Gasteiger charge is 2.28. The SMILES string of the molecule is CC1CC(CNC(=O)c2cn(-c3ccccc3)nc2C(C)(C)C)CC(C)O1. The van der Waals surface area contributed by atoms with E-state index in [1.165, 1.54) is 0 Å². The summed E-state index contributed by atoms with van der Waals surface area (Å²) in [6, 6.07) is 9.90. The Bertz CT molecular complexity index is 767. The second kappa shape index (κ2) is 7.85. The second-order valence-corrected chi connectivity index (χ2v) is 8.73. The molecule has 3 rings (SSSR count). The van der Waals surface area contributed by atoms with Gasteiger partial charge in [0.1, 0.15) is 0 Å². The molecular formula is C22H31N3O2. The van der Waals surface area contributed by atoms with Crippen molar-refractivity contribution in [2.75, 3.05) is 6.54 Å². The van der Waals surface area contributed by atoms with Crippen molar-refractivity contribution >= 4 is 5.91 Å². The molecule has 1 fully saturated rings. The van der Waals surface area contributed by atoms with Crippen molar-refractivity contribution in [3.8, 4) is 5.69 Å². The molecule has 1 amide bonds. The molecule has 1 aliphatic heterocycles. The fourth-order valence-electron chi connectivity index (χ4n) is 3.85. The first-order valence-electron chi connectivity index (χ1n) is 9.83. The minimum atomic E-state index is -0.214. The average Bonchev–Trinajstić information content (AvgIpc) is 3.05. The van der Waals surface area contributed by atoms with Crippen LogP contribution in [0, 0.1) is 5.92 Å². The molecule has 146 valence electrons. The zero-order valence-electron chi connectivity index (χ0n) is 17.0. The van der Waals surface area contributed by atoms with Crippen LogP contribution in [-0.4, -0.2) is 34.4 Å². The summed E-state index contributed by atoms with van der Waals surface area (Å²) >= 11 is 0. The van der Waals surface area contributed by atoms with Gasteiger partial charge in [0.05, 0.1) is 29.2 Å². The maximum absolute atomic E-state index is 13.0. The summed E-state index contributed by atoms with van der Waals surface area (Å²) in [4.78, 5) is 13.0. The lowest BCUT2D eigenvalue weighted by Gasteiger charge is -2.32. The quantitative estimate of drug-likeness (QED) is 0.883. The van der Waals surface area contributed by atoms with Crippen LogP contribution in [0.15, 0.2) is 36.5 Å². The number of benzene rings is 1. The Morgan fingerprint density at radius 2 is 1.81 bits per heavy atom. The largest absolute Gasteiger partial charge is 0.376 e. The number of amides is 1. The number of carbonyl (C=O) groups excluding carboxylic acids is 1. The number of carbonyl (C=O) groups is 1. The van der Waals surface area contributed by atoms with Crippen LogP contribution in [0.3, 0.4) is 0 Å². The van der Waals surface area contributed by atoms with Gasteiger partial charge in [-0.1, -0.05) is 39.0 Å². The number of nitrogens with one attached hydrogen (secondary N) is 1. The third kappa shape index (κ3) is 4.78. The van der Waals surface area contributed by atoms with Gasteiger partial charge in [0.25, 0.3) is 5.91 Å². The number of para-hydroxylation sites is 1. The minimum Gasteiger partial charge on any atom is -0.376 e. The zero-order valence-corrected chi connectivity index (χ0v) is 17.0. The van der Waals surface area contributed by atoms with Gasteiger partial charge in [-0.25, -0.2) is 4.68 Å². The van der Waals surface area contributed by atoms with Gasteiger partial charge >= 0.3 is 0 Å². The van der Waals surface area contributed by atoms with Crippen LogP contribution in [0.25, 0.3) is 5.69 Å². The third-order valence-electron chi connectivity index (χ3n) is 5.04. The lowest BCUT2D eigenvalue weighted by atomic mass is 9.89. The Labute approximate surface area is 162 Å². The van der Waals surface area contributed by atoms with Crippen molar-refractivity contribution in [2.45, 2.75) is 65.1 Å². The Hall–Kier alpha value is -2.14. The fourth-order valence-corrected chi connectivity index (χ4v) is 3.85. The molecule has 0 radical (unpaired) electrons. The average molecular weight is 370 g/mol. The number of rotatable bonds is 4. The molecule has 0 saturated carbocycles. The summed E-state index contributed by atoms with van der Waals surface area (Å²) in [7, 11) is 0. The lowest BCUT2D eigenvalue weighted by Crippen LogP contribution is -2.37. The van der Waals surface area contributed by atoms with E-state index in [1.54, 1.807) is 4.68 Å². The van der Waals surface area contributed by atoms with E-state index in [9.17, 15) is 4.79 Å². The van der Waals surface area contributed by atoms with E-state index in [0.29, 0.717) is 18.0 Å². The van der Waals surface area contributed by atoms with Crippen LogP contribution in [-0.2, 0) is 10.2 Å². The summed E-state index contributed by atoms with van der Waals surface area (Å²) in [5, 5.41) is 7.87. The molecule has 1 saturated heterocycles. The van der Waals surface area contributed by atoms with Gasteiger partial charge in [-0.15, -0.1) is 0 Å². The molecule has 0 bridgehead atoms. The van der Waals surface area contributed by atoms with Crippen molar-refractivity contribution < 1.29 is 9.53 Å². The van der Waals surface area contributed by atoms with Crippen molar-refractivity contribution in [3.63, 3.8) is 0 Å². The monoisotopic (exact) mass is 369 g/mol. The van der Waals surface area contributed by atoms with Gasteiger partial charge in [-0.3, -0.25) is 4.79 Å². The van der Waals surface area contributed by atoms with Gasteiger partial charge < -0.3 is 10.1 Å². The molecule has 1 N–H and O–H groups in total. The first-order valence-corrected chi connectivity index (χ1v) is 9.83. The Balaban J connectivity index is 1.78. The number of nitrogens with zero attached hydrogens (tertiary/aromatic N) is 2. The first-order chi connectivity index (χ1) is 12.7. The molecule has 5 nitrogen and oxygen atoms in total. The smallest absolute Gasteiger partial charge is 0.254 e. The number of ether oxygens (including phenoxy) is 1. The van der Waals surface area contributed by atoms with Crippen LogP contribution in [0.2, 0.25) is 0 Å². The standard InChI is InChI=1S/C22H31N3O2/c1-15-11-17(12-16(2)27-15)13-23-21(26)19-14-25(18-9-7-6-8-10-18)24-20(19)22(3,4)5/h6-10,14-17H,11-13H2,1-5H3,(H,23,26). The highest BCUT2D eigenvalue weighted by molar-refractivity contribution is 5.95.